The van der Waals surface area contributed by atoms with Gasteiger partial charge in [-0.3, -0.25) is 4.79 Å². The van der Waals surface area contributed by atoms with Crippen molar-refractivity contribution in [3.63, 3.8) is 0 Å². The van der Waals surface area contributed by atoms with Crippen molar-refractivity contribution in [3.05, 3.63) is 17.5 Å². The molecule has 0 bridgehead atoms. The summed E-state index contributed by atoms with van der Waals surface area (Å²) in [5.41, 5.74) is 5.88. The summed E-state index contributed by atoms with van der Waals surface area (Å²) in [6.45, 7) is 2.89. The Hall–Kier alpha value is -2.05. The number of aryl methyl sites for hydroxylation is 1. The van der Waals surface area contributed by atoms with E-state index in [1.54, 1.807) is 17.9 Å². The molecule has 3 N–H and O–H groups in total. The first kappa shape index (κ1) is 12.4. The maximum atomic E-state index is 12.1. The number of hydrogen-bond donors (Lipinski definition) is 2. The number of nitrogens with zero attached hydrogens (tertiary/aromatic N) is 3. The quantitative estimate of drug-likeness (QED) is 0.347. The molecule has 0 aliphatic carbocycles. The summed E-state index contributed by atoms with van der Waals surface area (Å²) >= 11 is 0. The van der Waals surface area contributed by atoms with Gasteiger partial charge < -0.3 is 20.4 Å². The number of carbonyl (C=O) groups is 1. The minimum absolute atomic E-state index is 0.0399. The number of amides is 1. The van der Waals surface area contributed by atoms with Gasteiger partial charge in [0.2, 0.25) is 0 Å². The number of aromatic nitrogens is 1. The molecule has 7 heteroatoms. The van der Waals surface area contributed by atoms with Gasteiger partial charge in [-0.05, 0) is 19.8 Å². The average Bonchev–Trinajstić information content (AvgIpc) is 2.84. The molecule has 0 atom stereocenters. The zero-order chi connectivity index (χ0) is 13.1. The van der Waals surface area contributed by atoms with Crippen LogP contribution >= 0.6 is 0 Å². The highest BCUT2D eigenvalue weighted by molar-refractivity contribution is 5.92. The molecular formula is C11H16N4O3. The van der Waals surface area contributed by atoms with Gasteiger partial charge in [-0.25, -0.2) is 0 Å². The summed E-state index contributed by atoms with van der Waals surface area (Å²) in [5, 5.41) is 15.3. The zero-order valence-electron chi connectivity index (χ0n) is 10.2. The van der Waals surface area contributed by atoms with Gasteiger partial charge in [-0.1, -0.05) is 10.3 Å². The van der Waals surface area contributed by atoms with Crippen LogP contribution in [0.25, 0.3) is 0 Å². The van der Waals surface area contributed by atoms with Crippen molar-refractivity contribution in [1.82, 2.24) is 10.1 Å². The molecule has 2 rings (SSSR count). The van der Waals surface area contributed by atoms with Crippen LogP contribution < -0.4 is 5.73 Å². The minimum Gasteiger partial charge on any atom is -0.409 e. The highest BCUT2D eigenvalue weighted by Gasteiger charge is 2.27. The van der Waals surface area contributed by atoms with Crippen molar-refractivity contribution < 1.29 is 14.5 Å². The van der Waals surface area contributed by atoms with Gasteiger partial charge in [0.05, 0.1) is 0 Å². The van der Waals surface area contributed by atoms with Crippen molar-refractivity contribution in [2.24, 2.45) is 16.8 Å². The lowest BCUT2D eigenvalue weighted by Crippen LogP contribution is -2.41. The van der Waals surface area contributed by atoms with Gasteiger partial charge in [0.25, 0.3) is 5.91 Å². The normalized spacial score (nSPS) is 18.1. The van der Waals surface area contributed by atoms with E-state index in [9.17, 15) is 4.79 Å². The molecule has 1 aromatic heterocycles. The summed E-state index contributed by atoms with van der Waals surface area (Å²) in [4.78, 5) is 13.8. The third kappa shape index (κ3) is 2.44. The van der Waals surface area contributed by atoms with E-state index >= 15 is 0 Å². The molecule has 2 heterocycles. The summed E-state index contributed by atoms with van der Waals surface area (Å²) in [7, 11) is 0. The van der Waals surface area contributed by atoms with Gasteiger partial charge in [0, 0.05) is 25.1 Å². The van der Waals surface area contributed by atoms with Gasteiger partial charge in [0.1, 0.15) is 11.6 Å². The van der Waals surface area contributed by atoms with Crippen molar-refractivity contribution in [1.29, 1.82) is 0 Å². The van der Waals surface area contributed by atoms with Gasteiger partial charge >= 0.3 is 0 Å². The predicted molar refractivity (Wildman–Crippen MR) is 63.3 cm³/mol. The molecule has 0 aromatic carbocycles. The van der Waals surface area contributed by atoms with Crippen LogP contribution in [0, 0.1) is 12.8 Å². The lowest BCUT2D eigenvalue weighted by Gasteiger charge is -2.30. The van der Waals surface area contributed by atoms with Crippen LogP contribution in [0.3, 0.4) is 0 Å². The van der Waals surface area contributed by atoms with E-state index in [4.69, 9.17) is 15.5 Å². The first-order valence-electron chi connectivity index (χ1n) is 5.82. The molecule has 7 nitrogen and oxygen atoms in total. The Kier molecular flexibility index (Phi) is 3.50. The van der Waals surface area contributed by atoms with Crippen molar-refractivity contribution >= 4 is 11.7 Å². The van der Waals surface area contributed by atoms with Crippen LogP contribution in [0.1, 0.15) is 29.1 Å². The largest absolute Gasteiger partial charge is 0.409 e. The van der Waals surface area contributed by atoms with Crippen molar-refractivity contribution in [2.45, 2.75) is 19.8 Å². The molecule has 18 heavy (non-hydrogen) atoms. The number of rotatable bonds is 2. The predicted octanol–water partition coefficient (Wildman–Crippen LogP) is 0.582. The Morgan fingerprint density at radius 2 is 2.28 bits per heavy atom. The van der Waals surface area contributed by atoms with Crippen LogP contribution in [-0.4, -0.2) is 40.1 Å². The lowest BCUT2D eigenvalue weighted by molar-refractivity contribution is 0.0698. The summed E-state index contributed by atoms with van der Waals surface area (Å²) in [6, 6.07) is 1.62. The molecule has 0 unspecified atom stereocenters. The second kappa shape index (κ2) is 5.07. The van der Waals surface area contributed by atoms with E-state index in [0.29, 0.717) is 37.4 Å². The zero-order valence-corrected chi connectivity index (χ0v) is 10.2. The third-order valence-electron chi connectivity index (χ3n) is 3.16. The molecule has 1 aliphatic heterocycles. The number of carbonyl (C=O) groups excluding carboxylic acids is 1. The Morgan fingerprint density at radius 3 is 2.78 bits per heavy atom. The SMILES string of the molecule is Cc1cc(C(=O)N2CCC(C(N)=NO)CC2)no1. The number of hydrogen-bond acceptors (Lipinski definition) is 5. The summed E-state index contributed by atoms with van der Waals surface area (Å²) in [6.07, 6.45) is 1.39. The molecule has 1 aromatic rings. The molecule has 1 amide bonds. The molecule has 1 aliphatic rings. The number of oxime groups is 1. The van der Waals surface area contributed by atoms with E-state index in [2.05, 4.69) is 10.3 Å². The highest BCUT2D eigenvalue weighted by atomic mass is 16.5. The fourth-order valence-corrected chi connectivity index (χ4v) is 2.09. The third-order valence-corrected chi connectivity index (χ3v) is 3.16. The number of nitrogens with two attached hydrogens (primary N) is 1. The Morgan fingerprint density at radius 1 is 1.61 bits per heavy atom. The van der Waals surface area contributed by atoms with Gasteiger partial charge in [-0.15, -0.1) is 0 Å². The van der Waals surface area contributed by atoms with Gasteiger partial charge in [0.15, 0.2) is 5.69 Å². The molecule has 0 spiro atoms. The van der Waals surface area contributed by atoms with Crippen molar-refractivity contribution in [3.8, 4) is 0 Å². The van der Waals surface area contributed by atoms with Crippen LogP contribution in [-0.2, 0) is 0 Å². The smallest absolute Gasteiger partial charge is 0.276 e. The van der Waals surface area contributed by atoms with E-state index in [1.165, 1.54) is 0 Å². The maximum Gasteiger partial charge on any atom is 0.276 e. The Bertz CT molecular complexity index is 461. The topological polar surface area (TPSA) is 105 Å². The molecular weight excluding hydrogens is 236 g/mol. The highest BCUT2D eigenvalue weighted by Crippen LogP contribution is 2.19. The summed E-state index contributed by atoms with van der Waals surface area (Å²) < 4.78 is 4.88. The van der Waals surface area contributed by atoms with Gasteiger partial charge in [-0.2, -0.15) is 0 Å². The molecule has 1 fully saturated rings. The van der Waals surface area contributed by atoms with Crippen LogP contribution in [0.2, 0.25) is 0 Å². The van der Waals surface area contributed by atoms with E-state index in [0.717, 1.165) is 0 Å². The Labute approximate surface area is 104 Å². The fraction of sp³-hybridized carbons (Fsp3) is 0.545. The second-order valence-corrected chi connectivity index (χ2v) is 4.41. The maximum absolute atomic E-state index is 12.1. The summed E-state index contributed by atoms with van der Waals surface area (Å²) in [5.74, 6) is 0.757. The minimum atomic E-state index is -0.134. The van der Waals surface area contributed by atoms with Crippen LogP contribution in [0.5, 0.6) is 0 Å². The number of amidine groups is 1. The van der Waals surface area contributed by atoms with E-state index < -0.39 is 0 Å². The molecule has 98 valence electrons. The number of piperidine rings is 1. The van der Waals surface area contributed by atoms with E-state index in [1.807, 2.05) is 0 Å². The standard InChI is InChI=1S/C11H16N4O3/c1-7-6-9(14-18-7)11(16)15-4-2-8(3-5-15)10(12)13-17/h6,8,17H,2-5H2,1H3,(H2,12,13). The van der Waals surface area contributed by atoms with Crippen LogP contribution in [0.15, 0.2) is 15.7 Å². The first-order chi connectivity index (χ1) is 8.61. The second-order valence-electron chi connectivity index (χ2n) is 4.41. The fourth-order valence-electron chi connectivity index (χ4n) is 2.09. The van der Waals surface area contributed by atoms with Crippen LogP contribution in [0.4, 0.5) is 0 Å². The molecule has 1 saturated heterocycles. The molecule has 0 radical (unpaired) electrons. The Balaban J connectivity index is 1.96. The average molecular weight is 252 g/mol. The number of likely N-dealkylation sites (tertiary alicyclic amines) is 1. The molecule has 0 saturated carbocycles. The monoisotopic (exact) mass is 252 g/mol. The van der Waals surface area contributed by atoms with Crippen molar-refractivity contribution in [2.75, 3.05) is 13.1 Å². The first-order valence-corrected chi connectivity index (χ1v) is 5.82. The lowest BCUT2D eigenvalue weighted by atomic mass is 9.95. The van der Waals surface area contributed by atoms with E-state index in [-0.39, 0.29) is 17.7 Å².